The highest BCUT2D eigenvalue weighted by molar-refractivity contribution is 7.11. The summed E-state index contributed by atoms with van der Waals surface area (Å²) in [5.74, 6) is 0. The number of hydrogen-bond donors (Lipinski definition) is 1. The Hall–Kier alpha value is -0.480. The monoisotopic (exact) mass is 185 g/mol. The fourth-order valence-corrected chi connectivity index (χ4v) is 1.82. The van der Waals surface area contributed by atoms with E-state index >= 15 is 0 Å². The molecule has 0 radical (unpaired) electrons. The molecule has 0 aromatic carbocycles. The molecule has 0 saturated heterocycles. The van der Waals surface area contributed by atoms with Crippen LogP contribution in [0.1, 0.15) is 30.3 Å². The molecular formula is C8H15N3S. The third kappa shape index (κ3) is 2.87. The molecule has 1 aromatic heterocycles. The van der Waals surface area contributed by atoms with E-state index in [1.807, 2.05) is 0 Å². The van der Waals surface area contributed by atoms with Crippen LogP contribution in [0.5, 0.6) is 0 Å². The van der Waals surface area contributed by atoms with Crippen molar-refractivity contribution >= 4 is 11.3 Å². The van der Waals surface area contributed by atoms with Crippen molar-refractivity contribution < 1.29 is 0 Å². The van der Waals surface area contributed by atoms with Crippen LogP contribution in [0.25, 0.3) is 0 Å². The molecule has 12 heavy (non-hydrogen) atoms. The first-order chi connectivity index (χ1) is 5.86. The van der Waals surface area contributed by atoms with Crippen molar-refractivity contribution in [1.82, 2.24) is 15.5 Å². The smallest absolute Gasteiger partial charge is 0.131 e. The zero-order valence-electron chi connectivity index (χ0n) is 7.63. The molecule has 0 bridgehead atoms. The van der Waals surface area contributed by atoms with Gasteiger partial charge in [0.25, 0.3) is 0 Å². The second kappa shape index (κ2) is 5.22. The van der Waals surface area contributed by atoms with Crippen LogP contribution < -0.4 is 5.32 Å². The van der Waals surface area contributed by atoms with E-state index in [2.05, 4.69) is 29.4 Å². The van der Waals surface area contributed by atoms with E-state index in [4.69, 9.17) is 0 Å². The molecule has 0 unspecified atom stereocenters. The van der Waals surface area contributed by atoms with Gasteiger partial charge in [-0.15, -0.1) is 21.5 Å². The molecule has 0 amide bonds. The fourth-order valence-electron chi connectivity index (χ4n) is 0.907. The highest BCUT2D eigenvalue weighted by Gasteiger charge is 2.01. The molecule has 1 N–H and O–H groups in total. The second-order valence-electron chi connectivity index (χ2n) is 2.62. The van der Waals surface area contributed by atoms with Gasteiger partial charge in [0.05, 0.1) is 0 Å². The zero-order chi connectivity index (χ0) is 8.81. The van der Waals surface area contributed by atoms with Gasteiger partial charge in [-0.05, 0) is 13.0 Å². The SMILES string of the molecule is CCCc1nnc(CNCC)s1. The van der Waals surface area contributed by atoms with Crippen molar-refractivity contribution in [2.24, 2.45) is 0 Å². The number of rotatable bonds is 5. The highest BCUT2D eigenvalue weighted by atomic mass is 32.1. The molecule has 0 fully saturated rings. The van der Waals surface area contributed by atoms with E-state index < -0.39 is 0 Å². The van der Waals surface area contributed by atoms with E-state index in [0.29, 0.717) is 0 Å². The Kier molecular flexibility index (Phi) is 4.18. The Morgan fingerprint density at radius 2 is 2.00 bits per heavy atom. The lowest BCUT2D eigenvalue weighted by molar-refractivity contribution is 0.713. The van der Waals surface area contributed by atoms with Crippen LogP contribution in [0, 0.1) is 0 Å². The second-order valence-corrected chi connectivity index (χ2v) is 3.77. The average molecular weight is 185 g/mol. The third-order valence-electron chi connectivity index (χ3n) is 1.50. The maximum absolute atomic E-state index is 4.09. The minimum absolute atomic E-state index is 0.859. The normalized spacial score (nSPS) is 10.5. The maximum atomic E-state index is 4.09. The summed E-state index contributed by atoms with van der Waals surface area (Å²) in [6, 6.07) is 0. The van der Waals surface area contributed by atoms with Gasteiger partial charge in [0, 0.05) is 13.0 Å². The summed E-state index contributed by atoms with van der Waals surface area (Å²) in [4.78, 5) is 0. The molecule has 0 aliphatic carbocycles. The van der Waals surface area contributed by atoms with Crippen LogP contribution in [0.15, 0.2) is 0 Å². The van der Waals surface area contributed by atoms with Gasteiger partial charge in [0.15, 0.2) is 0 Å². The Labute approximate surface area is 77.2 Å². The number of nitrogens with zero attached hydrogens (tertiary/aromatic N) is 2. The van der Waals surface area contributed by atoms with Crippen molar-refractivity contribution in [3.63, 3.8) is 0 Å². The zero-order valence-corrected chi connectivity index (χ0v) is 8.45. The van der Waals surface area contributed by atoms with Crippen molar-refractivity contribution in [3.05, 3.63) is 10.0 Å². The van der Waals surface area contributed by atoms with Crippen molar-refractivity contribution in [2.45, 2.75) is 33.2 Å². The summed E-state index contributed by atoms with van der Waals surface area (Å²) in [6.07, 6.45) is 2.21. The summed E-state index contributed by atoms with van der Waals surface area (Å²) >= 11 is 1.71. The summed E-state index contributed by atoms with van der Waals surface area (Å²) in [5.41, 5.74) is 0. The van der Waals surface area contributed by atoms with Gasteiger partial charge < -0.3 is 5.32 Å². The Balaban J connectivity index is 2.41. The molecule has 0 atom stereocenters. The van der Waals surface area contributed by atoms with Crippen LogP contribution in [0.4, 0.5) is 0 Å². The molecule has 1 aromatic rings. The molecule has 68 valence electrons. The van der Waals surface area contributed by atoms with Gasteiger partial charge in [0.1, 0.15) is 10.0 Å². The Bertz CT molecular complexity index is 222. The number of aryl methyl sites for hydroxylation is 1. The van der Waals surface area contributed by atoms with Gasteiger partial charge >= 0.3 is 0 Å². The van der Waals surface area contributed by atoms with Crippen molar-refractivity contribution in [2.75, 3.05) is 6.54 Å². The summed E-state index contributed by atoms with van der Waals surface area (Å²) in [5, 5.41) is 13.6. The molecule has 0 spiro atoms. The van der Waals surface area contributed by atoms with Crippen LogP contribution in [0.2, 0.25) is 0 Å². The first-order valence-corrected chi connectivity index (χ1v) is 5.20. The first kappa shape index (κ1) is 9.61. The summed E-state index contributed by atoms with van der Waals surface area (Å²) < 4.78 is 0. The Morgan fingerprint density at radius 3 is 2.67 bits per heavy atom. The summed E-state index contributed by atoms with van der Waals surface area (Å²) in [6.45, 7) is 6.10. The first-order valence-electron chi connectivity index (χ1n) is 4.38. The number of aromatic nitrogens is 2. The van der Waals surface area contributed by atoms with Crippen LogP contribution >= 0.6 is 11.3 Å². The number of hydrogen-bond acceptors (Lipinski definition) is 4. The highest BCUT2D eigenvalue weighted by Crippen LogP contribution is 2.10. The summed E-state index contributed by atoms with van der Waals surface area (Å²) in [7, 11) is 0. The largest absolute Gasteiger partial charge is 0.311 e. The van der Waals surface area contributed by atoms with Gasteiger partial charge in [-0.2, -0.15) is 0 Å². The van der Waals surface area contributed by atoms with E-state index in [0.717, 1.165) is 35.9 Å². The number of nitrogens with one attached hydrogen (secondary N) is 1. The van der Waals surface area contributed by atoms with Crippen LogP contribution in [-0.4, -0.2) is 16.7 Å². The lowest BCUT2D eigenvalue weighted by Gasteiger charge is -1.93. The predicted octanol–water partition coefficient (Wildman–Crippen LogP) is 1.60. The molecule has 4 heteroatoms. The fraction of sp³-hybridized carbons (Fsp3) is 0.750. The van der Waals surface area contributed by atoms with E-state index in [1.54, 1.807) is 11.3 Å². The molecule has 0 aliphatic heterocycles. The van der Waals surface area contributed by atoms with E-state index in [9.17, 15) is 0 Å². The lowest BCUT2D eigenvalue weighted by Crippen LogP contribution is -2.11. The quantitative estimate of drug-likeness (QED) is 0.757. The third-order valence-corrected chi connectivity index (χ3v) is 2.48. The minimum Gasteiger partial charge on any atom is -0.311 e. The predicted molar refractivity (Wildman–Crippen MR) is 51.3 cm³/mol. The molecule has 0 aliphatic rings. The van der Waals surface area contributed by atoms with Gasteiger partial charge in [0.2, 0.25) is 0 Å². The topological polar surface area (TPSA) is 37.8 Å². The van der Waals surface area contributed by atoms with Gasteiger partial charge in [-0.3, -0.25) is 0 Å². The van der Waals surface area contributed by atoms with Crippen molar-refractivity contribution in [3.8, 4) is 0 Å². The molecule has 0 saturated carbocycles. The Morgan fingerprint density at radius 1 is 1.25 bits per heavy atom. The average Bonchev–Trinajstić information content (AvgIpc) is 2.50. The molecule has 1 rings (SSSR count). The van der Waals surface area contributed by atoms with E-state index in [1.165, 1.54) is 0 Å². The maximum Gasteiger partial charge on any atom is 0.131 e. The minimum atomic E-state index is 0.859. The van der Waals surface area contributed by atoms with Crippen molar-refractivity contribution in [1.29, 1.82) is 0 Å². The van der Waals surface area contributed by atoms with Gasteiger partial charge in [-0.25, -0.2) is 0 Å². The molecule has 3 nitrogen and oxygen atoms in total. The molecular weight excluding hydrogens is 170 g/mol. The van der Waals surface area contributed by atoms with Crippen LogP contribution in [0.3, 0.4) is 0 Å². The van der Waals surface area contributed by atoms with E-state index in [-0.39, 0.29) is 0 Å². The van der Waals surface area contributed by atoms with Gasteiger partial charge in [-0.1, -0.05) is 13.8 Å². The lowest BCUT2D eigenvalue weighted by atomic mass is 10.4. The van der Waals surface area contributed by atoms with Crippen LogP contribution in [-0.2, 0) is 13.0 Å². The molecule has 1 heterocycles. The standard InChI is InChI=1S/C8H15N3S/c1-3-5-7-10-11-8(12-7)6-9-4-2/h9H,3-6H2,1-2H3.